The van der Waals surface area contributed by atoms with Crippen LogP contribution in [-0.2, 0) is 23.0 Å². The number of carbonyl (C=O) groups excluding carboxylic acids is 1. The largest absolute Gasteiger partial charge is 0.482 e. The predicted molar refractivity (Wildman–Crippen MR) is 83.3 cm³/mol. The van der Waals surface area contributed by atoms with Crippen molar-refractivity contribution in [1.82, 2.24) is 20.1 Å². The lowest BCUT2D eigenvalue weighted by atomic mass is 10.1. The molecule has 2 aromatic rings. The van der Waals surface area contributed by atoms with Crippen molar-refractivity contribution in [3.8, 4) is 5.75 Å². The molecule has 0 saturated carbocycles. The van der Waals surface area contributed by atoms with Gasteiger partial charge >= 0.3 is 0 Å². The number of amides is 1. The molecule has 2 aromatic heterocycles. The Balaban J connectivity index is 1.57. The van der Waals surface area contributed by atoms with Gasteiger partial charge in [0.1, 0.15) is 6.10 Å². The first-order valence-electron chi connectivity index (χ1n) is 7.22. The maximum Gasteiger partial charge on any atom is 0.224 e. The van der Waals surface area contributed by atoms with Crippen LogP contribution < -0.4 is 10.1 Å². The van der Waals surface area contributed by atoms with Gasteiger partial charge in [0.05, 0.1) is 43.1 Å². The van der Waals surface area contributed by atoms with Gasteiger partial charge in [0.25, 0.3) is 0 Å². The normalized spacial score (nSPS) is 20.4. The molecular formula is C15H17ClN4O3. The van der Waals surface area contributed by atoms with Gasteiger partial charge in [-0.3, -0.25) is 14.5 Å². The van der Waals surface area contributed by atoms with E-state index in [-0.39, 0.29) is 24.5 Å². The second kappa shape index (κ2) is 6.97. The Hall–Kier alpha value is -2.12. The molecule has 1 aliphatic rings. The average Bonchev–Trinajstić information content (AvgIpc) is 3.11. The fourth-order valence-electron chi connectivity index (χ4n) is 2.40. The first kappa shape index (κ1) is 15.8. The third kappa shape index (κ3) is 4.00. The zero-order valence-corrected chi connectivity index (χ0v) is 13.4. The number of carbonyl (C=O) groups is 1. The SMILES string of the molecule is Cn1cc(O[C@@H]2COC[C@@H]2NC(=O)Cc2ccncc2Cl)cn1. The summed E-state index contributed by atoms with van der Waals surface area (Å²) in [5.41, 5.74) is 0.739. The summed E-state index contributed by atoms with van der Waals surface area (Å²) >= 11 is 6.02. The molecule has 2 atom stereocenters. The molecule has 0 aromatic carbocycles. The molecule has 1 fully saturated rings. The Morgan fingerprint density at radius 1 is 1.52 bits per heavy atom. The van der Waals surface area contributed by atoms with Gasteiger partial charge in [-0.25, -0.2) is 0 Å². The van der Waals surface area contributed by atoms with Crippen molar-refractivity contribution in [3.63, 3.8) is 0 Å². The quantitative estimate of drug-likeness (QED) is 0.880. The number of hydrogen-bond acceptors (Lipinski definition) is 5. The summed E-state index contributed by atoms with van der Waals surface area (Å²) < 4.78 is 12.9. The molecule has 1 amide bonds. The molecule has 23 heavy (non-hydrogen) atoms. The van der Waals surface area contributed by atoms with Gasteiger partial charge in [0.2, 0.25) is 5.91 Å². The highest BCUT2D eigenvalue weighted by molar-refractivity contribution is 6.31. The number of halogens is 1. The summed E-state index contributed by atoms with van der Waals surface area (Å²) in [4.78, 5) is 16.1. The summed E-state index contributed by atoms with van der Waals surface area (Å²) in [5.74, 6) is 0.521. The van der Waals surface area contributed by atoms with Gasteiger partial charge < -0.3 is 14.8 Å². The zero-order valence-electron chi connectivity index (χ0n) is 12.6. The van der Waals surface area contributed by atoms with Crippen molar-refractivity contribution >= 4 is 17.5 Å². The highest BCUT2D eigenvalue weighted by Gasteiger charge is 2.31. The molecule has 1 N–H and O–H groups in total. The van der Waals surface area contributed by atoms with Crippen LogP contribution in [0.3, 0.4) is 0 Å². The molecule has 3 heterocycles. The minimum Gasteiger partial charge on any atom is -0.482 e. The second-order valence-electron chi connectivity index (χ2n) is 5.36. The highest BCUT2D eigenvalue weighted by Crippen LogP contribution is 2.17. The fourth-order valence-corrected chi connectivity index (χ4v) is 2.58. The molecule has 1 saturated heterocycles. The van der Waals surface area contributed by atoms with Crippen LogP contribution in [0.1, 0.15) is 5.56 Å². The third-order valence-corrected chi connectivity index (χ3v) is 3.89. The van der Waals surface area contributed by atoms with Gasteiger partial charge in [0.15, 0.2) is 5.75 Å². The van der Waals surface area contributed by atoms with Crippen LogP contribution in [0.5, 0.6) is 5.75 Å². The van der Waals surface area contributed by atoms with Crippen LogP contribution in [0, 0.1) is 0 Å². The van der Waals surface area contributed by atoms with Crippen LogP contribution in [0.15, 0.2) is 30.9 Å². The Bertz CT molecular complexity index is 691. The number of nitrogens with zero attached hydrogens (tertiary/aromatic N) is 3. The minimum absolute atomic E-state index is 0.131. The number of nitrogens with one attached hydrogen (secondary N) is 1. The van der Waals surface area contributed by atoms with Crippen molar-refractivity contribution in [2.75, 3.05) is 13.2 Å². The number of ether oxygens (including phenoxy) is 2. The lowest BCUT2D eigenvalue weighted by Gasteiger charge is -2.19. The van der Waals surface area contributed by atoms with E-state index in [1.165, 1.54) is 6.20 Å². The van der Waals surface area contributed by atoms with Gasteiger partial charge in [-0.1, -0.05) is 11.6 Å². The topological polar surface area (TPSA) is 78.3 Å². The summed E-state index contributed by atoms with van der Waals surface area (Å²) in [6.45, 7) is 0.844. The van der Waals surface area contributed by atoms with E-state index in [1.54, 1.807) is 29.3 Å². The molecule has 0 spiro atoms. The molecular weight excluding hydrogens is 320 g/mol. The Kier molecular flexibility index (Phi) is 4.78. The number of hydrogen-bond donors (Lipinski definition) is 1. The average molecular weight is 337 g/mol. The summed E-state index contributed by atoms with van der Waals surface area (Å²) in [6, 6.07) is 1.53. The molecule has 7 nitrogen and oxygen atoms in total. The molecule has 122 valence electrons. The molecule has 8 heteroatoms. The number of aryl methyl sites for hydroxylation is 1. The van der Waals surface area contributed by atoms with E-state index in [0.29, 0.717) is 24.0 Å². The molecule has 3 rings (SSSR count). The van der Waals surface area contributed by atoms with E-state index in [0.717, 1.165) is 5.56 Å². The van der Waals surface area contributed by atoms with Gasteiger partial charge in [-0.2, -0.15) is 5.10 Å². The van der Waals surface area contributed by atoms with Crippen molar-refractivity contribution in [2.45, 2.75) is 18.6 Å². The Labute approximate surface area is 138 Å². The van der Waals surface area contributed by atoms with Crippen LogP contribution >= 0.6 is 11.6 Å². The molecule has 0 aliphatic carbocycles. The van der Waals surface area contributed by atoms with E-state index in [9.17, 15) is 4.79 Å². The van der Waals surface area contributed by atoms with Crippen molar-refractivity contribution in [1.29, 1.82) is 0 Å². The second-order valence-corrected chi connectivity index (χ2v) is 5.77. The smallest absolute Gasteiger partial charge is 0.224 e. The lowest BCUT2D eigenvalue weighted by Crippen LogP contribution is -2.45. The van der Waals surface area contributed by atoms with Crippen LogP contribution in [0.2, 0.25) is 5.02 Å². The monoisotopic (exact) mass is 336 g/mol. The Morgan fingerprint density at radius 2 is 2.39 bits per heavy atom. The van der Waals surface area contributed by atoms with E-state index in [4.69, 9.17) is 21.1 Å². The van der Waals surface area contributed by atoms with Crippen LogP contribution in [0.4, 0.5) is 0 Å². The maximum absolute atomic E-state index is 12.2. The zero-order chi connectivity index (χ0) is 16.2. The van der Waals surface area contributed by atoms with Gasteiger partial charge in [0, 0.05) is 19.4 Å². The van der Waals surface area contributed by atoms with Crippen molar-refractivity contribution in [3.05, 3.63) is 41.4 Å². The molecule has 0 radical (unpaired) electrons. The predicted octanol–water partition coefficient (Wildman–Crippen LogP) is 0.974. The van der Waals surface area contributed by atoms with Gasteiger partial charge in [-0.15, -0.1) is 0 Å². The summed E-state index contributed by atoms with van der Waals surface area (Å²) in [7, 11) is 1.82. The standard InChI is InChI=1S/C15H17ClN4O3/c1-20-7-11(5-18-20)23-14-9-22-8-13(14)19-15(21)4-10-2-3-17-6-12(10)16/h2-3,5-7,13-14H,4,8-9H2,1H3,(H,19,21)/t13-,14+/m0/s1. The van der Waals surface area contributed by atoms with E-state index in [2.05, 4.69) is 15.4 Å². The van der Waals surface area contributed by atoms with Crippen molar-refractivity contribution in [2.24, 2.45) is 7.05 Å². The van der Waals surface area contributed by atoms with Crippen LogP contribution in [0.25, 0.3) is 0 Å². The number of pyridine rings is 1. The number of rotatable bonds is 5. The highest BCUT2D eigenvalue weighted by atomic mass is 35.5. The van der Waals surface area contributed by atoms with E-state index >= 15 is 0 Å². The summed E-state index contributed by atoms with van der Waals surface area (Å²) in [6.07, 6.45) is 6.49. The third-order valence-electron chi connectivity index (χ3n) is 3.55. The molecule has 0 unspecified atom stereocenters. The van der Waals surface area contributed by atoms with Crippen molar-refractivity contribution < 1.29 is 14.3 Å². The van der Waals surface area contributed by atoms with E-state index < -0.39 is 0 Å². The summed E-state index contributed by atoms with van der Waals surface area (Å²) in [5, 5.41) is 7.47. The Morgan fingerprint density at radius 3 is 3.13 bits per heavy atom. The van der Waals surface area contributed by atoms with Gasteiger partial charge in [-0.05, 0) is 11.6 Å². The molecule has 0 bridgehead atoms. The fraction of sp³-hybridized carbons (Fsp3) is 0.400. The maximum atomic E-state index is 12.2. The van der Waals surface area contributed by atoms with Crippen LogP contribution in [-0.4, -0.2) is 46.0 Å². The first-order chi connectivity index (χ1) is 11.1. The lowest BCUT2D eigenvalue weighted by molar-refractivity contribution is -0.121. The number of aromatic nitrogens is 3. The molecule has 1 aliphatic heterocycles. The minimum atomic E-state index is -0.240. The first-order valence-corrected chi connectivity index (χ1v) is 7.60. The van der Waals surface area contributed by atoms with E-state index in [1.807, 2.05) is 7.05 Å².